The molecule has 2 rings (SSSR count). The Kier molecular flexibility index (Phi) is 4.48. The van der Waals surface area contributed by atoms with E-state index < -0.39 is 0 Å². The summed E-state index contributed by atoms with van der Waals surface area (Å²) in [5.41, 5.74) is 0.202. The van der Waals surface area contributed by atoms with Crippen molar-refractivity contribution in [3.05, 3.63) is 22.7 Å². The fourth-order valence-corrected chi connectivity index (χ4v) is 2.77. The van der Waals surface area contributed by atoms with Gasteiger partial charge in [0.25, 0.3) is 5.56 Å². The Morgan fingerprint density at radius 2 is 2.30 bits per heavy atom. The number of aromatic nitrogens is 2. The molecule has 1 saturated heterocycles. The standard InChI is InChI=1S/C15H26N4O/c1-11(2)19-9-8-17-13(14(19)20)18-10-12-15(3,4)6-5-7-16-12/h8-9,11-12,16H,5-7,10H2,1-4H3,(H,17,18). The molecule has 0 aliphatic carbocycles. The zero-order valence-electron chi connectivity index (χ0n) is 12.9. The van der Waals surface area contributed by atoms with Gasteiger partial charge in [-0.05, 0) is 38.6 Å². The molecule has 2 N–H and O–H groups in total. The van der Waals surface area contributed by atoms with Crippen LogP contribution >= 0.6 is 0 Å². The van der Waals surface area contributed by atoms with Gasteiger partial charge in [0.2, 0.25) is 0 Å². The van der Waals surface area contributed by atoms with Gasteiger partial charge in [-0.2, -0.15) is 0 Å². The number of piperidine rings is 1. The minimum Gasteiger partial charge on any atom is -0.364 e. The summed E-state index contributed by atoms with van der Waals surface area (Å²) < 4.78 is 1.70. The van der Waals surface area contributed by atoms with E-state index in [2.05, 4.69) is 29.5 Å². The molecule has 1 aliphatic heterocycles. The lowest BCUT2D eigenvalue weighted by molar-refractivity contribution is 0.188. The number of hydrogen-bond donors (Lipinski definition) is 2. The first-order chi connectivity index (χ1) is 9.42. The lowest BCUT2D eigenvalue weighted by Gasteiger charge is -2.39. The summed E-state index contributed by atoms with van der Waals surface area (Å²) in [7, 11) is 0. The van der Waals surface area contributed by atoms with E-state index in [0.717, 1.165) is 13.1 Å². The van der Waals surface area contributed by atoms with Gasteiger partial charge >= 0.3 is 0 Å². The normalized spacial score (nSPS) is 21.9. The van der Waals surface area contributed by atoms with E-state index in [-0.39, 0.29) is 17.0 Å². The zero-order valence-corrected chi connectivity index (χ0v) is 12.9. The van der Waals surface area contributed by atoms with Crippen LogP contribution in [0.2, 0.25) is 0 Å². The molecule has 1 aliphatic rings. The summed E-state index contributed by atoms with van der Waals surface area (Å²) in [4.78, 5) is 16.4. The molecule has 1 atom stereocenters. The summed E-state index contributed by atoms with van der Waals surface area (Å²) >= 11 is 0. The molecule has 0 radical (unpaired) electrons. The molecular weight excluding hydrogens is 252 g/mol. The van der Waals surface area contributed by atoms with Crippen LogP contribution in [0.25, 0.3) is 0 Å². The maximum absolute atomic E-state index is 12.3. The molecule has 1 aromatic heterocycles. The Morgan fingerprint density at radius 3 is 2.95 bits per heavy atom. The topological polar surface area (TPSA) is 59.0 Å². The number of nitrogens with one attached hydrogen (secondary N) is 2. The molecular formula is C15H26N4O. The molecule has 1 aromatic rings. The van der Waals surface area contributed by atoms with Crippen molar-refractivity contribution in [2.75, 3.05) is 18.4 Å². The monoisotopic (exact) mass is 278 g/mol. The van der Waals surface area contributed by atoms with Crippen molar-refractivity contribution >= 4 is 5.82 Å². The quantitative estimate of drug-likeness (QED) is 0.884. The molecule has 0 bridgehead atoms. The van der Waals surface area contributed by atoms with Gasteiger partial charge < -0.3 is 15.2 Å². The van der Waals surface area contributed by atoms with Gasteiger partial charge in [0, 0.05) is 31.0 Å². The van der Waals surface area contributed by atoms with Crippen LogP contribution < -0.4 is 16.2 Å². The van der Waals surface area contributed by atoms with Crippen LogP contribution in [0.15, 0.2) is 17.2 Å². The Bertz CT molecular complexity index is 507. The summed E-state index contributed by atoms with van der Waals surface area (Å²) in [5, 5.41) is 6.76. The maximum atomic E-state index is 12.3. The van der Waals surface area contributed by atoms with Crippen molar-refractivity contribution in [1.82, 2.24) is 14.9 Å². The lowest BCUT2D eigenvalue weighted by atomic mass is 9.77. The molecule has 0 saturated carbocycles. The van der Waals surface area contributed by atoms with Crippen LogP contribution in [-0.2, 0) is 0 Å². The third-order valence-electron chi connectivity index (χ3n) is 4.23. The Labute approximate surface area is 120 Å². The SMILES string of the molecule is CC(C)n1ccnc(NCC2NCCCC2(C)C)c1=O. The number of rotatable bonds is 4. The Hall–Kier alpha value is -1.36. The smallest absolute Gasteiger partial charge is 0.293 e. The Morgan fingerprint density at radius 1 is 1.55 bits per heavy atom. The second kappa shape index (κ2) is 5.95. The van der Waals surface area contributed by atoms with Gasteiger partial charge in [0.15, 0.2) is 5.82 Å². The van der Waals surface area contributed by atoms with E-state index in [1.54, 1.807) is 17.0 Å². The van der Waals surface area contributed by atoms with Crippen molar-refractivity contribution in [2.45, 2.75) is 52.6 Å². The van der Waals surface area contributed by atoms with E-state index in [0.29, 0.717) is 11.9 Å². The van der Waals surface area contributed by atoms with E-state index in [9.17, 15) is 4.79 Å². The van der Waals surface area contributed by atoms with Crippen molar-refractivity contribution in [2.24, 2.45) is 5.41 Å². The van der Waals surface area contributed by atoms with E-state index >= 15 is 0 Å². The Balaban J connectivity index is 2.08. The number of hydrogen-bond acceptors (Lipinski definition) is 4. The van der Waals surface area contributed by atoms with Crippen LogP contribution in [0.4, 0.5) is 5.82 Å². The number of nitrogens with zero attached hydrogens (tertiary/aromatic N) is 2. The second-order valence-corrected chi connectivity index (χ2v) is 6.56. The van der Waals surface area contributed by atoms with Gasteiger partial charge in [0.05, 0.1) is 0 Å². The highest BCUT2D eigenvalue weighted by molar-refractivity contribution is 5.31. The molecule has 5 nitrogen and oxygen atoms in total. The minimum atomic E-state index is -0.0453. The van der Waals surface area contributed by atoms with Crippen LogP contribution in [-0.4, -0.2) is 28.7 Å². The third kappa shape index (κ3) is 3.20. The first-order valence-corrected chi connectivity index (χ1v) is 7.46. The fourth-order valence-electron chi connectivity index (χ4n) is 2.77. The molecule has 2 heterocycles. The summed E-state index contributed by atoms with van der Waals surface area (Å²) in [6.07, 6.45) is 5.85. The average molecular weight is 278 g/mol. The fraction of sp³-hybridized carbons (Fsp3) is 0.733. The molecule has 1 fully saturated rings. The molecule has 1 unspecified atom stereocenters. The van der Waals surface area contributed by atoms with Crippen LogP contribution in [0.1, 0.15) is 46.6 Å². The zero-order chi connectivity index (χ0) is 14.8. The highest BCUT2D eigenvalue weighted by atomic mass is 16.1. The first-order valence-electron chi connectivity index (χ1n) is 7.46. The highest BCUT2D eigenvalue weighted by Crippen LogP contribution is 2.29. The molecule has 112 valence electrons. The maximum Gasteiger partial charge on any atom is 0.293 e. The molecule has 20 heavy (non-hydrogen) atoms. The van der Waals surface area contributed by atoms with E-state index in [4.69, 9.17) is 0 Å². The average Bonchev–Trinajstić information content (AvgIpc) is 2.38. The predicted octanol–water partition coefficient (Wildman–Crippen LogP) is 2.01. The van der Waals surface area contributed by atoms with Gasteiger partial charge in [-0.3, -0.25) is 4.79 Å². The lowest BCUT2D eigenvalue weighted by Crippen LogP contribution is -2.50. The van der Waals surface area contributed by atoms with Gasteiger partial charge in [-0.1, -0.05) is 13.8 Å². The van der Waals surface area contributed by atoms with Gasteiger partial charge in [0.1, 0.15) is 0 Å². The largest absolute Gasteiger partial charge is 0.364 e. The van der Waals surface area contributed by atoms with Crippen molar-refractivity contribution in [3.63, 3.8) is 0 Å². The third-order valence-corrected chi connectivity index (χ3v) is 4.23. The van der Waals surface area contributed by atoms with Gasteiger partial charge in [-0.25, -0.2) is 4.98 Å². The van der Waals surface area contributed by atoms with E-state index in [1.807, 2.05) is 13.8 Å². The summed E-state index contributed by atoms with van der Waals surface area (Å²) in [6, 6.07) is 0.514. The van der Waals surface area contributed by atoms with Crippen molar-refractivity contribution in [3.8, 4) is 0 Å². The second-order valence-electron chi connectivity index (χ2n) is 6.56. The highest BCUT2D eigenvalue weighted by Gasteiger charge is 2.31. The first kappa shape index (κ1) is 15.0. The van der Waals surface area contributed by atoms with Gasteiger partial charge in [-0.15, -0.1) is 0 Å². The van der Waals surface area contributed by atoms with E-state index in [1.165, 1.54) is 12.8 Å². The number of anilines is 1. The van der Waals surface area contributed by atoms with Crippen LogP contribution in [0.3, 0.4) is 0 Å². The van der Waals surface area contributed by atoms with Crippen molar-refractivity contribution < 1.29 is 0 Å². The molecule has 0 aromatic carbocycles. The van der Waals surface area contributed by atoms with Crippen molar-refractivity contribution in [1.29, 1.82) is 0 Å². The summed E-state index contributed by atoms with van der Waals surface area (Å²) in [5.74, 6) is 0.448. The van der Waals surface area contributed by atoms with Crippen LogP contribution in [0, 0.1) is 5.41 Å². The minimum absolute atomic E-state index is 0.0453. The predicted molar refractivity (Wildman–Crippen MR) is 82.2 cm³/mol. The van der Waals surface area contributed by atoms with Crippen LogP contribution in [0.5, 0.6) is 0 Å². The molecule has 0 spiro atoms. The molecule has 5 heteroatoms. The molecule has 0 amide bonds. The summed E-state index contributed by atoms with van der Waals surface area (Å²) in [6.45, 7) is 10.3.